The number of hydrogen-bond donors (Lipinski definition) is 1. The van der Waals surface area contributed by atoms with Crippen molar-refractivity contribution in [3.63, 3.8) is 0 Å². The van der Waals surface area contributed by atoms with Gasteiger partial charge in [-0.1, -0.05) is 0 Å². The van der Waals surface area contributed by atoms with E-state index in [1.54, 1.807) is 0 Å². The van der Waals surface area contributed by atoms with Gasteiger partial charge in [0, 0.05) is 12.5 Å². The predicted octanol–water partition coefficient (Wildman–Crippen LogP) is 0.369. The number of pyridine rings is 1. The first-order chi connectivity index (χ1) is 8.38. The quantitative estimate of drug-likeness (QED) is 0.861. The Morgan fingerprint density at radius 1 is 1.33 bits per heavy atom. The Kier molecular flexibility index (Phi) is 2.87. The Balaban J connectivity index is 2.38. The van der Waals surface area contributed by atoms with Crippen LogP contribution in [0.5, 0.6) is 0 Å². The van der Waals surface area contributed by atoms with Crippen molar-refractivity contribution >= 4 is 15.8 Å². The molecule has 7 nitrogen and oxygen atoms in total. The lowest BCUT2D eigenvalue weighted by Crippen LogP contribution is -2.02. The van der Waals surface area contributed by atoms with Crippen LogP contribution in [-0.4, -0.2) is 40.5 Å². The molecule has 2 heterocycles. The molecule has 0 aliphatic rings. The molecule has 2 aromatic heterocycles. The molecule has 0 amide bonds. The fourth-order valence-electron chi connectivity index (χ4n) is 1.29. The van der Waals surface area contributed by atoms with Crippen molar-refractivity contribution in [2.45, 2.75) is 4.90 Å². The van der Waals surface area contributed by atoms with Crippen LogP contribution in [0.25, 0.3) is 5.69 Å². The third kappa shape index (κ3) is 2.38. The van der Waals surface area contributed by atoms with E-state index < -0.39 is 15.8 Å². The summed E-state index contributed by atoms with van der Waals surface area (Å²) in [5, 5.41) is 12.6. The van der Waals surface area contributed by atoms with Crippen LogP contribution < -0.4 is 0 Å². The minimum atomic E-state index is -3.31. The molecule has 94 valence electrons. The van der Waals surface area contributed by atoms with E-state index in [2.05, 4.69) is 10.1 Å². The molecule has 18 heavy (non-hydrogen) atoms. The van der Waals surface area contributed by atoms with Crippen LogP contribution in [0.1, 0.15) is 10.5 Å². The molecule has 0 radical (unpaired) electrons. The van der Waals surface area contributed by atoms with Crippen molar-refractivity contribution in [1.29, 1.82) is 0 Å². The average molecular weight is 267 g/mol. The van der Waals surface area contributed by atoms with E-state index in [4.69, 9.17) is 5.11 Å². The highest BCUT2D eigenvalue weighted by atomic mass is 32.2. The predicted molar refractivity (Wildman–Crippen MR) is 61.4 cm³/mol. The maximum atomic E-state index is 11.3. The Bertz CT molecular complexity index is 688. The third-order valence-corrected chi connectivity index (χ3v) is 3.29. The molecule has 0 aliphatic heterocycles. The van der Waals surface area contributed by atoms with Crippen LogP contribution in [0.2, 0.25) is 0 Å². The van der Waals surface area contributed by atoms with E-state index in [0.717, 1.165) is 6.26 Å². The van der Waals surface area contributed by atoms with Gasteiger partial charge in [0.25, 0.3) is 0 Å². The number of sulfone groups is 1. The maximum Gasteiger partial charge on any atom is 0.354 e. The number of nitrogens with zero attached hydrogens (tertiary/aromatic N) is 3. The minimum absolute atomic E-state index is 0.0878. The van der Waals surface area contributed by atoms with Crippen LogP contribution in [0, 0.1) is 0 Å². The second-order valence-corrected chi connectivity index (χ2v) is 5.62. The molecule has 1 N–H and O–H groups in total. The number of hydrogen-bond acceptors (Lipinski definition) is 5. The van der Waals surface area contributed by atoms with E-state index in [0.29, 0.717) is 5.69 Å². The lowest BCUT2D eigenvalue weighted by molar-refractivity contribution is 0.0690. The Morgan fingerprint density at radius 3 is 2.50 bits per heavy atom. The summed E-state index contributed by atoms with van der Waals surface area (Å²) in [6.07, 6.45) is 4.95. The molecule has 8 heteroatoms. The van der Waals surface area contributed by atoms with Crippen molar-refractivity contribution in [2.75, 3.05) is 6.26 Å². The van der Waals surface area contributed by atoms with Gasteiger partial charge >= 0.3 is 5.97 Å². The Morgan fingerprint density at radius 2 is 2.06 bits per heavy atom. The van der Waals surface area contributed by atoms with Crippen LogP contribution in [-0.2, 0) is 9.84 Å². The fourth-order valence-corrected chi connectivity index (χ4v) is 1.82. The first-order valence-corrected chi connectivity index (χ1v) is 6.71. The molecular weight excluding hydrogens is 258 g/mol. The molecule has 0 fully saturated rings. The van der Waals surface area contributed by atoms with Crippen LogP contribution in [0.15, 0.2) is 35.6 Å². The van der Waals surface area contributed by atoms with Crippen molar-refractivity contribution in [3.05, 3.63) is 36.4 Å². The van der Waals surface area contributed by atoms with Gasteiger partial charge in [0.15, 0.2) is 9.84 Å². The zero-order chi connectivity index (χ0) is 13.3. The van der Waals surface area contributed by atoms with Crippen molar-refractivity contribution < 1.29 is 18.3 Å². The number of carboxylic acid groups (broad SMARTS) is 1. The number of aromatic nitrogens is 3. The highest BCUT2D eigenvalue weighted by molar-refractivity contribution is 7.90. The molecule has 0 aliphatic carbocycles. The summed E-state index contributed by atoms with van der Waals surface area (Å²) in [6, 6.07) is 2.81. The fraction of sp³-hybridized carbons (Fsp3) is 0.100. The first-order valence-electron chi connectivity index (χ1n) is 4.82. The number of aromatic carboxylic acids is 1. The third-order valence-electron chi connectivity index (χ3n) is 2.22. The van der Waals surface area contributed by atoms with E-state index in [9.17, 15) is 13.2 Å². The normalized spacial score (nSPS) is 11.4. The number of rotatable bonds is 3. The van der Waals surface area contributed by atoms with Gasteiger partial charge in [-0.3, -0.25) is 0 Å². The van der Waals surface area contributed by atoms with Gasteiger partial charge in [0.1, 0.15) is 10.6 Å². The van der Waals surface area contributed by atoms with E-state index in [1.807, 2.05) is 0 Å². The Hall–Kier alpha value is -2.22. The molecule has 2 rings (SSSR count). The summed E-state index contributed by atoms with van der Waals surface area (Å²) >= 11 is 0. The lowest BCUT2D eigenvalue weighted by atomic mass is 10.3. The van der Waals surface area contributed by atoms with E-state index in [-0.39, 0.29) is 10.6 Å². The largest absolute Gasteiger partial charge is 0.477 e. The topological polar surface area (TPSA) is 102 Å². The van der Waals surface area contributed by atoms with Gasteiger partial charge in [-0.15, -0.1) is 0 Å². The molecule has 0 saturated heterocycles. The van der Waals surface area contributed by atoms with Gasteiger partial charge in [-0.05, 0) is 12.1 Å². The van der Waals surface area contributed by atoms with Gasteiger partial charge in [-0.2, -0.15) is 5.10 Å². The van der Waals surface area contributed by atoms with Crippen LogP contribution >= 0.6 is 0 Å². The molecular formula is C10H9N3O4S. The summed E-state index contributed by atoms with van der Waals surface area (Å²) in [5.41, 5.74) is 0.393. The van der Waals surface area contributed by atoms with Gasteiger partial charge in [0.2, 0.25) is 0 Å². The molecule has 0 atom stereocenters. The molecule has 0 aromatic carbocycles. The van der Waals surface area contributed by atoms with E-state index >= 15 is 0 Å². The average Bonchev–Trinajstić information content (AvgIpc) is 2.78. The zero-order valence-corrected chi connectivity index (χ0v) is 10.1. The van der Waals surface area contributed by atoms with Gasteiger partial charge in [-0.25, -0.2) is 22.9 Å². The smallest absolute Gasteiger partial charge is 0.354 e. The lowest BCUT2D eigenvalue weighted by Gasteiger charge is -2.00. The summed E-state index contributed by atoms with van der Waals surface area (Å²) in [5.74, 6) is -1.13. The summed E-state index contributed by atoms with van der Waals surface area (Å²) < 4.78 is 23.9. The minimum Gasteiger partial charge on any atom is -0.477 e. The van der Waals surface area contributed by atoms with Crippen molar-refractivity contribution in [3.8, 4) is 5.69 Å². The number of carbonyl (C=O) groups is 1. The van der Waals surface area contributed by atoms with Gasteiger partial charge < -0.3 is 5.11 Å². The Labute approximate surface area is 103 Å². The van der Waals surface area contributed by atoms with Crippen molar-refractivity contribution in [1.82, 2.24) is 14.8 Å². The summed E-state index contributed by atoms with van der Waals surface area (Å²) in [4.78, 5) is 14.4. The maximum absolute atomic E-state index is 11.3. The monoisotopic (exact) mass is 267 g/mol. The zero-order valence-electron chi connectivity index (χ0n) is 9.31. The second kappa shape index (κ2) is 4.22. The SMILES string of the molecule is CS(=O)(=O)c1cnn(-c2ccc(C(=O)O)nc2)c1. The number of carboxylic acids is 1. The van der Waals surface area contributed by atoms with Crippen LogP contribution in [0.3, 0.4) is 0 Å². The summed E-state index contributed by atoms with van der Waals surface area (Å²) in [6.45, 7) is 0. The standard InChI is InChI=1S/C10H9N3O4S/c1-18(16,17)8-5-12-13(6-8)7-2-3-9(10(14)15)11-4-7/h2-6H,1H3,(H,14,15). The highest BCUT2D eigenvalue weighted by Gasteiger charge is 2.11. The first kappa shape index (κ1) is 12.2. The molecule has 2 aromatic rings. The van der Waals surface area contributed by atoms with Crippen LogP contribution in [0.4, 0.5) is 0 Å². The molecule has 0 saturated carbocycles. The molecule has 0 unspecified atom stereocenters. The molecule has 0 spiro atoms. The highest BCUT2D eigenvalue weighted by Crippen LogP contribution is 2.11. The van der Waals surface area contributed by atoms with Crippen molar-refractivity contribution in [2.24, 2.45) is 0 Å². The summed E-state index contributed by atoms with van der Waals surface area (Å²) in [7, 11) is -3.31. The molecule has 0 bridgehead atoms. The van der Waals surface area contributed by atoms with Gasteiger partial charge in [0.05, 0.1) is 18.1 Å². The second-order valence-electron chi connectivity index (χ2n) is 3.60. The van der Waals surface area contributed by atoms with E-state index in [1.165, 1.54) is 35.4 Å².